The van der Waals surface area contributed by atoms with Gasteiger partial charge in [-0.1, -0.05) is 26.0 Å². The minimum absolute atomic E-state index is 0.0823. The van der Waals surface area contributed by atoms with Gasteiger partial charge in [-0.15, -0.1) is 11.3 Å². The number of thiazole rings is 1. The van der Waals surface area contributed by atoms with Gasteiger partial charge in [0, 0.05) is 24.0 Å². The maximum absolute atomic E-state index is 12.9. The summed E-state index contributed by atoms with van der Waals surface area (Å²) >= 11 is 1.63. The molecule has 0 saturated heterocycles. The van der Waals surface area contributed by atoms with Crippen LogP contribution in [0.3, 0.4) is 0 Å². The summed E-state index contributed by atoms with van der Waals surface area (Å²) in [6.07, 6.45) is 5.96. The predicted octanol–water partition coefficient (Wildman–Crippen LogP) is 4.30. The van der Waals surface area contributed by atoms with E-state index in [-0.39, 0.29) is 11.0 Å². The second-order valence-electron chi connectivity index (χ2n) is 7.52. The molecule has 25 heavy (non-hydrogen) atoms. The first-order valence-electron chi connectivity index (χ1n) is 8.55. The van der Waals surface area contributed by atoms with E-state index in [2.05, 4.69) is 18.8 Å². The van der Waals surface area contributed by atoms with Crippen molar-refractivity contribution in [2.45, 2.75) is 40.2 Å². The summed E-state index contributed by atoms with van der Waals surface area (Å²) in [7, 11) is 0. The topological polar surface area (TPSA) is 47.8 Å². The molecule has 3 heterocycles. The Kier molecular flexibility index (Phi) is 3.84. The fourth-order valence-corrected chi connectivity index (χ4v) is 4.00. The number of aryl methyl sites for hydroxylation is 2. The number of aromatic nitrogens is 3. The zero-order valence-corrected chi connectivity index (χ0v) is 15.6. The average molecular weight is 351 g/mol. The van der Waals surface area contributed by atoms with Gasteiger partial charge >= 0.3 is 0 Å². The van der Waals surface area contributed by atoms with E-state index in [0.29, 0.717) is 5.39 Å². The summed E-state index contributed by atoms with van der Waals surface area (Å²) in [6.45, 7) is 7.16. The molecule has 1 aliphatic heterocycles. The van der Waals surface area contributed by atoms with Crippen LogP contribution in [0.4, 0.5) is 0 Å². The first kappa shape index (κ1) is 16.2. The molecule has 4 nitrogen and oxygen atoms in total. The minimum atomic E-state index is 0.0823. The lowest BCUT2D eigenvalue weighted by Crippen LogP contribution is -2.36. The molecule has 0 radical (unpaired) electrons. The lowest BCUT2D eigenvalue weighted by molar-refractivity contribution is 0.240. The number of benzene rings is 1. The third kappa shape index (κ3) is 3.16. The highest BCUT2D eigenvalue weighted by Gasteiger charge is 2.27. The largest absolute Gasteiger partial charge is 0.296 e. The smallest absolute Gasteiger partial charge is 0.261 e. The molecule has 0 bridgehead atoms. The van der Waals surface area contributed by atoms with E-state index in [4.69, 9.17) is 4.98 Å². The molecule has 128 valence electrons. The van der Waals surface area contributed by atoms with Crippen LogP contribution in [0.15, 0.2) is 28.4 Å². The van der Waals surface area contributed by atoms with Gasteiger partial charge in [0.05, 0.1) is 10.9 Å². The van der Waals surface area contributed by atoms with Gasteiger partial charge in [0.2, 0.25) is 0 Å². The lowest BCUT2D eigenvalue weighted by Gasteiger charge is -2.31. The van der Waals surface area contributed by atoms with E-state index in [1.807, 2.05) is 47.2 Å². The molecule has 5 heteroatoms. The van der Waals surface area contributed by atoms with Crippen LogP contribution in [-0.2, 0) is 13.0 Å². The maximum atomic E-state index is 12.9. The molecule has 0 aliphatic carbocycles. The molecule has 0 atom stereocenters. The number of hydrogen-bond acceptors (Lipinski definition) is 4. The van der Waals surface area contributed by atoms with Gasteiger partial charge < -0.3 is 0 Å². The number of fused-ring (bicyclic) bond motifs is 2. The Balaban J connectivity index is 1.74. The van der Waals surface area contributed by atoms with Gasteiger partial charge in [-0.3, -0.25) is 9.36 Å². The van der Waals surface area contributed by atoms with Gasteiger partial charge in [0.1, 0.15) is 10.8 Å². The van der Waals surface area contributed by atoms with Gasteiger partial charge in [-0.25, -0.2) is 9.97 Å². The van der Waals surface area contributed by atoms with Crippen LogP contribution < -0.4 is 5.56 Å². The molecule has 1 aromatic carbocycles. The van der Waals surface area contributed by atoms with Gasteiger partial charge in [0.25, 0.3) is 5.56 Å². The number of nitrogens with zero attached hydrogens (tertiary/aromatic N) is 3. The molecule has 0 spiro atoms. The summed E-state index contributed by atoms with van der Waals surface area (Å²) < 4.78 is 1.86. The predicted molar refractivity (Wildman–Crippen MR) is 104 cm³/mol. The fraction of sp³-hybridized carbons (Fsp3) is 0.350. The zero-order chi connectivity index (χ0) is 17.6. The van der Waals surface area contributed by atoms with Crippen molar-refractivity contribution in [2.75, 3.05) is 0 Å². The molecule has 0 amide bonds. The highest BCUT2D eigenvalue weighted by atomic mass is 32.1. The second-order valence-corrected chi connectivity index (χ2v) is 8.41. The van der Waals surface area contributed by atoms with Gasteiger partial charge in [-0.2, -0.15) is 0 Å². The zero-order valence-electron chi connectivity index (χ0n) is 14.7. The molecule has 0 fully saturated rings. The van der Waals surface area contributed by atoms with Crippen molar-refractivity contribution >= 4 is 34.4 Å². The highest BCUT2D eigenvalue weighted by molar-refractivity contribution is 7.10. The van der Waals surface area contributed by atoms with Crippen LogP contribution in [0.1, 0.15) is 42.4 Å². The van der Waals surface area contributed by atoms with Crippen LogP contribution in [0.25, 0.3) is 23.1 Å². The second kappa shape index (κ2) is 5.92. The van der Waals surface area contributed by atoms with Crippen molar-refractivity contribution in [3.05, 3.63) is 56.0 Å². The van der Waals surface area contributed by atoms with Crippen molar-refractivity contribution in [3.63, 3.8) is 0 Å². The normalized spacial score (nSPS) is 16.4. The SMILES string of the molecule is Cc1csc(/C=C/c2ccc3c(=O)n4c(nc3c2)CCC(C)(C)C4)n1. The van der Waals surface area contributed by atoms with Crippen LogP contribution in [0.2, 0.25) is 0 Å². The Morgan fingerprint density at radius 2 is 2.08 bits per heavy atom. The standard InChI is InChI=1S/C20H21N3OS/c1-13-11-25-18(21-13)7-5-14-4-6-15-16(10-14)22-17-8-9-20(2,3)12-23(17)19(15)24/h4-7,10-11H,8-9,12H2,1-3H3/b7-5+. The van der Waals surface area contributed by atoms with E-state index in [0.717, 1.165) is 47.0 Å². The van der Waals surface area contributed by atoms with E-state index in [9.17, 15) is 4.79 Å². The third-order valence-corrected chi connectivity index (χ3v) is 5.65. The molecule has 2 aromatic heterocycles. The summed E-state index contributed by atoms with van der Waals surface area (Å²) in [6, 6.07) is 5.86. The Morgan fingerprint density at radius 1 is 1.24 bits per heavy atom. The molecular weight excluding hydrogens is 330 g/mol. The molecule has 0 N–H and O–H groups in total. The monoisotopic (exact) mass is 351 g/mol. The quantitative estimate of drug-likeness (QED) is 0.691. The average Bonchev–Trinajstić information content (AvgIpc) is 2.99. The van der Waals surface area contributed by atoms with Crippen LogP contribution in [0.5, 0.6) is 0 Å². The van der Waals surface area contributed by atoms with Gasteiger partial charge in [-0.05, 0) is 42.5 Å². The van der Waals surface area contributed by atoms with E-state index in [1.165, 1.54) is 0 Å². The van der Waals surface area contributed by atoms with Crippen LogP contribution in [0, 0.1) is 12.3 Å². The Morgan fingerprint density at radius 3 is 2.84 bits per heavy atom. The van der Waals surface area contributed by atoms with Crippen molar-refractivity contribution < 1.29 is 0 Å². The van der Waals surface area contributed by atoms with Crippen LogP contribution >= 0.6 is 11.3 Å². The molecule has 0 saturated carbocycles. The molecule has 4 rings (SSSR count). The van der Waals surface area contributed by atoms with E-state index < -0.39 is 0 Å². The minimum Gasteiger partial charge on any atom is -0.296 e. The summed E-state index contributed by atoms with van der Waals surface area (Å²) in [5.41, 5.74) is 3.09. The summed E-state index contributed by atoms with van der Waals surface area (Å²) in [5.74, 6) is 0.911. The van der Waals surface area contributed by atoms with Crippen molar-refractivity contribution in [1.29, 1.82) is 0 Å². The first-order chi connectivity index (χ1) is 11.9. The third-order valence-electron chi connectivity index (χ3n) is 4.73. The Bertz CT molecular complexity index is 1040. The lowest BCUT2D eigenvalue weighted by atomic mass is 9.85. The first-order valence-corrected chi connectivity index (χ1v) is 9.43. The summed E-state index contributed by atoms with van der Waals surface area (Å²) in [4.78, 5) is 22.1. The molecule has 0 unspecified atom stereocenters. The Hall–Kier alpha value is -2.27. The fourth-order valence-electron chi connectivity index (χ4n) is 3.32. The Labute approximate surface area is 150 Å². The van der Waals surface area contributed by atoms with Crippen molar-refractivity contribution in [2.24, 2.45) is 5.41 Å². The summed E-state index contributed by atoms with van der Waals surface area (Å²) in [5, 5.41) is 3.72. The van der Waals surface area contributed by atoms with Crippen molar-refractivity contribution in [3.8, 4) is 0 Å². The van der Waals surface area contributed by atoms with Crippen LogP contribution in [-0.4, -0.2) is 14.5 Å². The maximum Gasteiger partial charge on any atom is 0.261 e. The number of rotatable bonds is 2. The molecular formula is C20H21N3OS. The molecule has 3 aromatic rings. The van der Waals surface area contributed by atoms with Gasteiger partial charge in [0.15, 0.2) is 0 Å². The van der Waals surface area contributed by atoms with E-state index >= 15 is 0 Å². The van der Waals surface area contributed by atoms with Crippen molar-refractivity contribution in [1.82, 2.24) is 14.5 Å². The van der Waals surface area contributed by atoms with E-state index in [1.54, 1.807) is 11.3 Å². The highest BCUT2D eigenvalue weighted by Crippen LogP contribution is 2.29. The molecule has 1 aliphatic rings. The number of hydrogen-bond donors (Lipinski definition) is 0.